The van der Waals surface area contributed by atoms with Gasteiger partial charge >= 0.3 is 0 Å². The lowest BCUT2D eigenvalue weighted by Gasteiger charge is -2.09. The fourth-order valence-corrected chi connectivity index (χ4v) is 2.67. The van der Waals surface area contributed by atoms with Gasteiger partial charge in [0, 0.05) is 28.8 Å². The monoisotopic (exact) mass is 338 g/mol. The van der Waals surface area contributed by atoms with Gasteiger partial charge in [-0.1, -0.05) is 46.6 Å². The Bertz CT molecular complexity index is 558. The highest BCUT2D eigenvalue weighted by Gasteiger charge is 2.03. The van der Waals surface area contributed by atoms with Gasteiger partial charge in [0.25, 0.3) is 0 Å². The van der Waals surface area contributed by atoms with E-state index in [-0.39, 0.29) is 0 Å². The van der Waals surface area contributed by atoms with Gasteiger partial charge in [-0.25, -0.2) is 0 Å². The van der Waals surface area contributed by atoms with Crippen LogP contribution < -0.4 is 5.32 Å². The van der Waals surface area contributed by atoms with E-state index >= 15 is 0 Å². The minimum atomic E-state index is 0.742. The average Bonchev–Trinajstić information content (AvgIpc) is 2.42. The Morgan fingerprint density at radius 1 is 1.21 bits per heavy atom. The molecule has 0 unspecified atom stereocenters. The van der Waals surface area contributed by atoms with Crippen molar-refractivity contribution in [1.82, 2.24) is 10.3 Å². The predicted molar refractivity (Wildman–Crippen MR) is 83.3 cm³/mol. The Morgan fingerprint density at radius 3 is 2.79 bits per heavy atom. The van der Waals surface area contributed by atoms with Crippen LogP contribution >= 0.6 is 27.5 Å². The van der Waals surface area contributed by atoms with Crippen molar-refractivity contribution in [2.24, 2.45) is 0 Å². The molecule has 0 aliphatic heterocycles. The summed E-state index contributed by atoms with van der Waals surface area (Å²) in [4.78, 5) is 4.41. The zero-order valence-electron chi connectivity index (χ0n) is 10.8. The fourth-order valence-electron chi connectivity index (χ4n) is 1.93. The zero-order chi connectivity index (χ0) is 13.7. The Hall–Kier alpha value is -0.900. The number of benzene rings is 1. The standard InChI is InChI=1S/C15H16BrClN2/c1-2-11-4-3-7-19-15(11)10-18-9-12-5-6-13(16)8-14(12)17/h3-8,18H,2,9-10H2,1H3. The molecule has 2 rings (SSSR count). The Labute approximate surface area is 127 Å². The van der Waals surface area contributed by atoms with Crippen LogP contribution in [0.5, 0.6) is 0 Å². The number of hydrogen-bond donors (Lipinski definition) is 1. The van der Waals surface area contributed by atoms with Crippen molar-refractivity contribution in [2.75, 3.05) is 0 Å². The summed E-state index contributed by atoms with van der Waals surface area (Å²) in [7, 11) is 0. The van der Waals surface area contributed by atoms with Crippen LogP contribution in [-0.2, 0) is 19.5 Å². The predicted octanol–water partition coefficient (Wildman–Crippen LogP) is 4.35. The van der Waals surface area contributed by atoms with E-state index in [0.717, 1.165) is 40.3 Å². The van der Waals surface area contributed by atoms with Gasteiger partial charge in [0.1, 0.15) is 0 Å². The number of rotatable bonds is 5. The third kappa shape index (κ3) is 4.03. The molecule has 4 heteroatoms. The molecule has 1 aromatic heterocycles. The molecule has 100 valence electrons. The summed E-state index contributed by atoms with van der Waals surface area (Å²) in [5.41, 5.74) is 3.49. The van der Waals surface area contributed by atoms with E-state index in [1.165, 1.54) is 5.56 Å². The van der Waals surface area contributed by atoms with Gasteiger partial charge in [-0.15, -0.1) is 0 Å². The molecule has 2 nitrogen and oxygen atoms in total. The highest BCUT2D eigenvalue weighted by molar-refractivity contribution is 9.10. The second kappa shape index (κ2) is 7.04. The number of hydrogen-bond acceptors (Lipinski definition) is 2. The van der Waals surface area contributed by atoms with Crippen molar-refractivity contribution in [1.29, 1.82) is 0 Å². The SMILES string of the molecule is CCc1cccnc1CNCc1ccc(Br)cc1Cl. The van der Waals surface area contributed by atoms with E-state index in [0.29, 0.717) is 0 Å². The van der Waals surface area contributed by atoms with Gasteiger partial charge in [0.15, 0.2) is 0 Å². The first-order chi connectivity index (χ1) is 9.20. The summed E-state index contributed by atoms with van der Waals surface area (Å²) >= 11 is 9.59. The van der Waals surface area contributed by atoms with Crippen LogP contribution in [0.1, 0.15) is 23.7 Å². The quantitative estimate of drug-likeness (QED) is 0.876. The van der Waals surface area contributed by atoms with Crippen molar-refractivity contribution in [2.45, 2.75) is 26.4 Å². The maximum absolute atomic E-state index is 6.18. The molecular formula is C15H16BrClN2. The van der Waals surface area contributed by atoms with Gasteiger partial charge < -0.3 is 5.32 Å². The molecule has 1 N–H and O–H groups in total. The molecule has 0 aliphatic rings. The largest absolute Gasteiger partial charge is 0.307 e. The highest BCUT2D eigenvalue weighted by Crippen LogP contribution is 2.21. The summed E-state index contributed by atoms with van der Waals surface area (Å²) < 4.78 is 0.999. The Kier molecular flexibility index (Phi) is 5.37. The van der Waals surface area contributed by atoms with Crippen LogP contribution in [0.2, 0.25) is 5.02 Å². The zero-order valence-corrected chi connectivity index (χ0v) is 13.1. The molecule has 0 atom stereocenters. The summed E-state index contributed by atoms with van der Waals surface area (Å²) in [6, 6.07) is 10.0. The van der Waals surface area contributed by atoms with E-state index in [1.807, 2.05) is 30.5 Å². The first-order valence-electron chi connectivity index (χ1n) is 6.28. The highest BCUT2D eigenvalue weighted by atomic mass is 79.9. The van der Waals surface area contributed by atoms with Crippen LogP contribution in [0, 0.1) is 0 Å². The van der Waals surface area contributed by atoms with E-state index in [9.17, 15) is 0 Å². The lowest BCUT2D eigenvalue weighted by molar-refractivity contribution is 0.673. The van der Waals surface area contributed by atoms with Crippen LogP contribution in [0.15, 0.2) is 41.0 Å². The molecule has 0 saturated heterocycles. The van der Waals surface area contributed by atoms with E-state index < -0.39 is 0 Å². The number of halogens is 2. The van der Waals surface area contributed by atoms with Gasteiger partial charge in [0.05, 0.1) is 5.69 Å². The molecule has 0 radical (unpaired) electrons. The lowest BCUT2D eigenvalue weighted by Crippen LogP contribution is -2.15. The molecule has 1 heterocycles. The molecule has 0 fully saturated rings. The summed E-state index contributed by atoms with van der Waals surface area (Å²) in [6.45, 7) is 3.65. The van der Waals surface area contributed by atoms with Gasteiger partial charge in [-0.3, -0.25) is 4.98 Å². The molecule has 0 saturated carbocycles. The van der Waals surface area contributed by atoms with Gasteiger partial charge in [-0.05, 0) is 35.7 Å². The topological polar surface area (TPSA) is 24.9 Å². The van der Waals surface area contributed by atoms with Crippen molar-refractivity contribution in [3.63, 3.8) is 0 Å². The number of nitrogens with one attached hydrogen (secondary N) is 1. The molecule has 1 aromatic carbocycles. The van der Waals surface area contributed by atoms with Crippen LogP contribution in [0.3, 0.4) is 0 Å². The summed E-state index contributed by atoms with van der Waals surface area (Å²) in [5, 5.41) is 4.17. The summed E-state index contributed by atoms with van der Waals surface area (Å²) in [5.74, 6) is 0. The normalized spacial score (nSPS) is 10.7. The number of pyridine rings is 1. The smallest absolute Gasteiger partial charge is 0.0573 e. The first kappa shape index (κ1) is 14.5. The molecule has 19 heavy (non-hydrogen) atoms. The van der Waals surface area contributed by atoms with Crippen molar-refractivity contribution < 1.29 is 0 Å². The Balaban J connectivity index is 1.96. The molecule has 2 aromatic rings. The fraction of sp³-hybridized carbons (Fsp3) is 0.267. The van der Waals surface area contributed by atoms with Crippen LogP contribution in [0.25, 0.3) is 0 Å². The molecule has 0 spiro atoms. The summed E-state index contributed by atoms with van der Waals surface area (Å²) in [6.07, 6.45) is 2.84. The molecular weight excluding hydrogens is 324 g/mol. The van der Waals surface area contributed by atoms with Crippen molar-refractivity contribution >= 4 is 27.5 Å². The van der Waals surface area contributed by atoms with Crippen LogP contribution in [-0.4, -0.2) is 4.98 Å². The lowest BCUT2D eigenvalue weighted by atomic mass is 10.1. The number of aromatic nitrogens is 1. The van der Waals surface area contributed by atoms with E-state index in [1.54, 1.807) is 0 Å². The van der Waals surface area contributed by atoms with Crippen molar-refractivity contribution in [3.8, 4) is 0 Å². The number of aryl methyl sites for hydroxylation is 1. The molecule has 0 amide bonds. The minimum absolute atomic E-state index is 0.742. The first-order valence-corrected chi connectivity index (χ1v) is 7.45. The maximum atomic E-state index is 6.18. The average molecular weight is 340 g/mol. The maximum Gasteiger partial charge on any atom is 0.0573 e. The third-order valence-corrected chi connectivity index (χ3v) is 3.83. The van der Waals surface area contributed by atoms with E-state index in [2.05, 4.69) is 39.2 Å². The van der Waals surface area contributed by atoms with Crippen molar-refractivity contribution in [3.05, 3.63) is 62.8 Å². The number of nitrogens with zero attached hydrogens (tertiary/aromatic N) is 1. The second-order valence-electron chi connectivity index (χ2n) is 4.30. The van der Waals surface area contributed by atoms with E-state index in [4.69, 9.17) is 11.6 Å². The minimum Gasteiger partial charge on any atom is -0.307 e. The Morgan fingerprint density at radius 2 is 2.05 bits per heavy atom. The second-order valence-corrected chi connectivity index (χ2v) is 5.62. The molecule has 0 aliphatic carbocycles. The van der Waals surface area contributed by atoms with Crippen LogP contribution in [0.4, 0.5) is 0 Å². The molecule has 0 bridgehead atoms. The van der Waals surface area contributed by atoms with Gasteiger partial charge in [0.2, 0.25) is 0 Å². The third-order valence-electron chi connectivity index (χ3n) is 2.99. The van der Waals surface area contributed by atoms with Gasteiger partial charge in [-0.2, -0.15) is 0 Å².